The summed E-state index contributed by atoms with van der Waals surface area (Å²) in [5, 5.41) is 11.7. The minimum absolute atomic E-state index is 0.143. The Bertz CT molecular complexity index is 1460. The number of hydrogen-bond acceptors (Lipinski definition) is 6. The van der Waals surface area contributed by atoms with E-state index in [1.807, 2.05) is 45.1 Å². The van der Waals surface area contributed by atoms with E-state index in [1.165, 1.54) is 6.07 Å². The standard InChI is InChI=1S/C19H17ClFNOS.C10H13N3O.C2H6.CH3NO/c20-15-9-13(16-5-2-6-18(21)17(16)10-15)3-1-4-14-11-22(12-23)8-7-19(14)24;1-2-13-10(14)7-3-4-9(12)8(5-7)6-11;1-2;2-1-3/h1-2,4-6,9-10,12,24H,3,7-8,11H2;3-6,11H,2,12H2,1H3,(H,13,14);1-2H3;1H,(H2,2,3)/b4-1+;;;. The molecule has 0 saturated carbocycles. The van der Waals surface area contributed by atoms with Crippen LogP contribution in [-0.2, 0) is 16.0 Å². The predicted octanol–water partition coefficient (Wildman–Crippen LogP) is 5.92. The second-order valence-electron chi connectivity index (χ2n) is 8.79. The van der Waals surface area contributed by atoms with E-state index in [-0.39, 0.29) is 18.1 Å². The summed E-state index contributed by atoms with van der Waals surface area (Å²) >= 11 is 10.6. The van der Waals surface area contributed by atoms with Gasteiger partial charge in [0.15, 0.2) is 0 Å². The third kappa shape index (κ3) is 11.6. The number of benzene rings is 3. The average molecular weight is 628 g/mol. The van der Waals surface area contributed by atoms with Crippen LogP contribution >= 0.6 is 24.2 Å². The first kappa shape index (κ1) is 36.9. The topological polar surface area (TPSA) is 142 Å². The van der Waals surface area contributed by atoms with Crippen molar-refractivity contribution in [1.82, 2.24) is 10.2 Å². The summed E-state index contributed by atoms with van der Waals surface area (Å²) in [6, 6.07) is 13.4. The highest BCUT2D eigenvalue weighted by atomic mass is 35.5. The molecule has 0 aliphatic carbocycles. The number of carbonyl (C=O) groups is 3. The molecule has 230 valence electrons. The number of nitrogens with one attached hydrogen (secondary N) is 2. The normalized spacial score (nSPS) is 12.2. The van der Waals surface area contributed by atoms with E-state index in [2.05, 4.69) is 23.7 Å². The van der Waals surface area contributed by atoms with Crippen LogP contribution in [0.15, 0.2) is 71.2 Å². The van der Waals surface area contributed by atoms with Crippen molar-refractivity contribution in [3.05, 3.63) is 98.7 Å². The van der Waals surface area contributed by atoms with Gasteiger partial charge in [0.25, 0.3) is 5.91 Å². The van der Waals surface area contributed by atoms with E-state index in [0.29, 0.717) is 53.3 Å². The molecule has 3 aromatic carbocycles. The molecule has 6 N–H and O–H groups in total. The molecule has 0 radical (unpaired) electrons. The van der Waals surface area contributed by atoms with Gasteiger partial charge in [-0.15, -0.1) is 12.6 Å². The molecule has 4 rings (SSSR count). The summed E-state index contributed by atoms with van der Waals surface area (Å²) in [6.07, 6.45) is 7.65. The highest BCUT2D eigenvalue weighted by molar-refractivity contribution is 7.84. The van der Waals surface area contributed by atoms with Gasteiger partial charge >= 0.3 is 0 Å². The zero-order chi connectivity index (χ0) is 32.4. The summed E-state index contributed by atoms with van der Waals surface area (Å²) in [5.74, 6) is -0.412. The number of amides is 3. The van der Waals surface area contributed by atoms with Crippen LogP contribution in [0.3, 0.4) is 0 Å². The van der Waals surface area contributed by atoms with Crippen LogP contribution < -0.4 is 16.8 Å². The maximum absolute atomic E-state index is 14.0. The second-order valence-corrected chi connectivity index (χ2v) is 9.76. The van der Waals surface area contributed by atoms with Gasteiger partial charge < -0.3 is 27.1 Å². The highest BCUT2D eigenvalue weighted by Crippen LogP contribution is 2.27. The molecule has 0 aromatic heterocycles. The molecule has 0 unspecified atom stereocenters. The Morgan fingerprint density at radius 2 is 1.86 bits per heavy atom. The van der Waals surface area contributed by atoms with Crippen LogP contribution in [0.1, 0.15) is 48.7 Å². The van der Waals surface area contributed by atoms with Crippen molar-refractivity contribution in [2.75, 3.05) is 25.4 Å². The Morgan fingerprint density at radius 3 is 2.49 bits per heavy atom. The Balaban J connectivity index is 0.000000414. The first-order chi connectivity index (χ1) is 20.7. The summed E-state index contributed by atoms with van der Waals surface area (Å²) < 4.78 is 14.0. The van der Waals surface area contributed by atoms with Crippen LogP contribution in [0, 0.1) is 11.2 Å². The smallest absolute Gasteiger partial charge is 0.251 e. The van der Waals surface area contributed by atoms with Crippen LogP contribution in [0.25, 0.3) is 10.8 Å². The lowest BCUT2D eigenvalue weighted by molar-refractivity contribution is -0.117. The molecule has 1 aliphatic heterocycles. The van der Waals surface area contributed by atoms with Gasteiger partial charge in [0, 0.05) is 53.1 Å². The third-order valence-corrected chi connectivity index (χ3v) is 6.75. The van der Waals surface area contributed by atoms with Crippen molar-refractivity contribution in [1.29, 1.82) is 5.41 Å². The first-order valence-corrected chi connectivity index (χ1v) is 14.5. The van der Waals surface area contributed by atoms with Gasteiger partial charge in [-0.25, -0.2) is 4.39 Å². The molecule has 0 saturated heterocycles. The van der Waals surface area contributed by atoms with Gasteiger partial charge in [-0.2, -0.15) is 0 Å². The molecule has 1 heterocycles. The number of thiol groups is 1. The molecule has 0 bridgehead atoms. The quantitative estimate of drug-likeness (QED) is 0.0959. The molecule has 11 heteroatoms. The number of primary amides is 1. The zero-order valence-corrected chi connectivity index (χ0v) is 26.2. The van der Waals surface area contributed by atoms with Gasteiger partial charge in [0.05, 0.1) is 0 Å². The van der Waals surface area contributed by atoms with E-state index in [4.69, 9.17) is 27.5 Å². The molecule has 3 aromatic rings. The van der Waals surface area contributed by atoms with Crippen molar-refractivity contribution in [3.63, 3.8) is 0 Å². The number of carbonyl (C=O) groups excluding carboxylic acids is 3. The van der Waals surface area contributed by atoms with Gasteiger partial charge in [0.1, 0.15) is 5.82 Å². The fourth-order valence-electron chi connectivity index (χ4n) is 4.03. The lowest BCUT2D eigenvalue weighted by Gasteiger charge is -2.24. The Kier molecular flexibility index (Phi) is 17.0. The summed E-state index contributed by atoms with van der Waals surface area (Å²) in [6.45, 7) is 7.72. The molecule has 43 heavy (non-hydrogen) atoms. The van der Waals surface area contributed by atoms with Crippen molar-refractivity contribution in [2.24, 2.45) is 5.73 Å². The number of fused-ring (bicyclic) bond motifs is 1. The van der Waals surface area contributed by atoms with Crippen molar-refractivity contribution < 1.29 is 18.8 Å². The monoisotopic (exact) mass is 627 g/mol. The van der Waals surface area contributed by atoms with Gasteiger partial charge in [0.2, 0.25) is 12.8 Å². The Hall–Kier alpha value is -4.15. The minimum atomic E-state index is -0.269. The fourth-order valence-corrected chi connectivity index (χ4v) is 4.51. The number of rotatable bonds is 7. The zero-order valence-electron chi connectivity index (χ0n) is 24.6. The van der Waals surface area contributed by atoms with Crippen LogP contribution in [0.4, 0.5) is 10.1 Å². The average Bonchev–Trinajstić information content (AvgIpc) is 3.00. The number of hydrogen-bond donors (Lipinski definition) is 5. The summed E-state index contributed by atoms with van der Waals surface area (Å²) in [5.41, 5.74) is 13.4. The van der Waals surface area contributed by atoms with Crippen LogP contribution in [0.5, 0.6) is 0 Å². The van der Waals surface area contributed by atoms with E-state index in [1.54, 1.807) is 35.2 Å². The lowest BCUT2D eigenvalue weighted by atomic mass is 10.0. The number of allylic oxidation sites excluding steroid dienone is 1. The second kappa shape index (κ2) is 19.9. The molecule has 3 amide bonds. The number of anilines is 1. The molecular weight excluding hydrogens is 589 g/mol. The first-order valence-electron chi connectivity index (χ1n) is 13.7. The van der Waals surface area contributed by atoms with Crippen molar-refractivity contribution in [2.45, 2.75) is 33.6 Å². The maximum Gasteiger partial charge on any atom is 0.251 e. The van der Waals surface area contributed by atoms with Crippen LogP contribution in [-0.4, -0.2) is 49.5 Å². The van der Waals surface area contributed by atoms with E-state index >= 15 is 0 Å². The highest BCUT2D eigenvalue weighted by Gasteiger charge is 2.13. The molecule has 0 atom stereocenters. The van der Waals surface area contributed by atoms with E-state index < -0.39 is 0 Å². The number of nitrogens with zero attached hydrogens (tertiary/aromatic N) is 1. The predicted molar refractivity (Wildman–Crippen MR) is 178 cm³/mol. The summed E-state index contributed by atoms with van der Waals surface area (Å²) in [4.78, 5) is 33.6. The largest absolute Gasteiger partial charge is 0.398 e. The van der Waals surface area contributed by atoms with Gasteiger partial charge in [-0.3, -0.25) is 14.4 Å². The molecule has 8 nitrogen and oxygen atoms in total. The van der Waals surface area contributed by atoms with E-state index in [0.717, 1.165) is 40.5 Å². The number of nitrogen functional groups attached to an aromatic ring is 1. The molecular formula is C32H39ClFN5O3S. The maximum atomic E-state index is 14.0. The molecule has 0 spiro atoms. The third-order valence-electron chi connectivity index (χ3n) is 6.02. The van der Waals surface area contributed by atoms with Gasteiger partial charge in [-0.1, -0.05) is 49.7 Å². The van der Waals surface area contributed by atoms with Gasteiger partial charge in [-0.05, 0) is 77.6 Å². The Morgan fingerprint density at radius 1 is 1.16 bits per heavy atom. The summed E-state index contributed by atoms with van der Waals surface area (Å²) in [7, 11) is 0. The number of nitrogens with two attached hydrogens (primary N) is 2. The molecule has 0 fully saturated rings. The number of halogens is 2. The Labute approximate surface area is 262 Å². The fraction of sp³-hybridized carbons (Fsp3) is 0.250. The van der Waals surface area contributed by atoms with Crippen molar-refractivity contribution >= 4 is 65.6 Å². The lowest BCUT2D eigenvalue weighted by Crippen LogP contribution is -2.29. The minimum Gasteiger partial charge on any atom is -0.398 e. The molecule has 1 aliphatic rings. The SMILES string of the molecule is CC.CCNC(=O)c1ccc(N)c(C=N)c1.NC=O.O=CN1CCC(S)=C(/C=C/Cc2cc(Cl)cc3c(F)cccc23)C1. The van der Waals surface area contributed by atoms with E-state index in [9.17, 15) is 14.0 Å². The van der Waals surface area contributed by atoms with Crippen LogP contribution in [0.2, 0.25) is 5.02 Å². The van der Waals surface area contributed by atoms with Crippen molar-refractivity contribution in [3.8, 4) is 0 Å².